The number of halogens is 1. The zero-order chi connectivity index (χ0) is 14.7. The number of pyridine rings is 1. The molecule has 2 heterocycles. The average Bonchev–Trinajstić information content (AvgIpc) is 3.28. The molecule has 1 fully saturated rings. The maximum Gasteiger partial charge on any atom is 0.214 e. The zero-order valence-electron chi connectivity index (χ0n) is 12.4. The summed E-state index contributed by atoms with van der Waals surface area (Å²) in [4.78, 5) is 7.00. The van der Waals surface area contributed by atoms with E-state index in [0.29, 0.717) is 5.88 Å². The number of aryl methyl sites for hydroxylation is 1. The van der Waals surface area contributed by atoms with E-state index in [1.54, 1.807) is 0 Å². The van der Waals surface area contributed by atoms with Crippen LogP contribution in [0.3, 0.4) is 0 Å². The van der Waals surface area contributed by atoms with Crippen molar-refractivity contribution in [2.24, 2.45) is 0 Å². The SMILES string of the molecule is Cc1cc(OCCCCCN2CC2)nc2ccc(Cl)cc12. The molecule has 0 unspecified atom stereocenters. The van der Waals surface area contributed by atoms with Gasteiger partial charge in [-0.2, -0.15) is 0 Å². The molecule has 0 saturated carbocycles. The number of benzene rings is 1. The van der Waals surface area contributed by atoms with Gasteiger partial charge in [0.1, 0.15) is 0 Å². The van der Waals surface area contributed by atoms with E-state index in [4.69, 9.17) is 16.3 Å². The predicted molar refractivity (Wildman–Crippen MR) is 87.3 cm³/mol. The van der Waals surface area contributed by atoms with Gasteiger partial charge in [0, 0.05) is 29.6 Å². The Bertz CT molecular complexity index is 625. The molecule has 0 bridgehead atoms. The summed E-state index contributed by atoms with van der Waals surface area (Å²) in [7, 11) is 0. The Morgan fingerprint density at radius 2 is 2.05 bits per heavy atom. The quantitative estimate of drug-likeness (QED) is 0.569. The number of aromatic nitrogens is 1. The van der Waals surface area contributed by atoms with Crippen LogP contribution >= 0.6 is 11.6 Å². The van der Waals surface area contributed by atoms with Crippen LogP contribution in [0.25, 0.3) is 10.9 Å². The van der Waals surface area contributed by atoms with Gasteiger partial charge in [0.15, 0.2) is 0 Å². The minimum Gasteiger partial charge on any atom is -0.478 e. The van der Waals surface area contributed by atoms with Gasteiger partial charge < -0.3 is 9.64 Å². The van der Waals surface area contributed by atoms with Gasteiger partial charge in [0.05, 0.1) is 12.1 Å². The lowest BCUT2D eigenvalue weighted by atomic mass is 10.1. The fourth-order valence-electron chi connectivity index (χ4n) is 2.49. The van der Waals surface area contributed by atoms with E-state index >= 15 is 0 Å². The van der Waals surface area contributed by atoms with Gasteiger partial charge >= 0.3 is 0 Å². The van der Waals surface area contributed by atoms with E-state index in [2.05, 4.69) is 16.8 Å². The summed E-state index contributed by atoms with van der Waals surface area (Å²) in [5.41, 5.74) is 2.09. The van der Waals surface area contributed by atoms with Gasteiger partial charge in [-0.05, 0) is 56.5 Å². The Morgan fingerprint density at radius 3 is 2.86 bits per heavy atom. The summed E-state index contributed by atoms with van der Waals surface area (Å²) in [5, 5.41) is 1.83. The summed E-state index contributed by atoms with van der Waals surface area (Å²) in [5.74, 6) is 0.716. The number of fused-ring (bicyclic) bond motifs is 1. The Kier molecular flexibility index (Phi) is 4.61. The van der Waals surface area contributed by atoms with Gasteiger partial charge in [0.2, 0.25) is 5.88 Å². The van der Waals surface area contributed by atoms with E-state index in [1.165, 1.54) is 32.5 Å². The molecule has 4 heteroatoms. The van der Waals surface area contributed by atoms with Crippen molar-refractivity contribution in [1.29, 1.82) is 0 Å². The molecule has 0 aliphatic carbocycles. The third-order valence-electron chi connectivity index (χ3n) is 3.86. The highest BCUT2D eigenvalue weighted by molar-refractivity contribution is 6.31. The molecule has 1 aromatic carbocycles. The number of hydrogen-bond donors (Lipinski definition) is 0. The first-order chi connectivity index (χ1) is 10.2. The lowest BCUT2D eigenvalue weighted by Crippen LogP contribution is -2.02. The monoisotopic (exact) mass is 304 g/mol. The van der Waals surface area contributed by atoms with Crippen LogP contribution in [0.2, 0.25) is 5.02 Å². The van der Waals surface area contributed by atoms with Gasteiger partial charge in [-0.3, -0.25) is 0 Å². The minimum atomic E-state index is 0.716. The summed E-state index contributed by atoms with van der Waals surface area (Å²) < 4.78 is 5.79. The molecule has 1 aliphatic heterocycles. The van der Waals surface area contributed by atoms with Crippen molar-refractivity contribution in [1.82, 2.24) is 9.88 Å². The smallest absolute Gasteiger partial charge is 0.214 e. The van der Waals surface area contributed by atoms with Crippen molar-refractivity contribution in [3.05, 3.63) is 34.9 Å². The third-order valence-corrected chi connectivity index (χ3v) is 4.10. The second-order valence-electron chi connectivity index (χ2n) is 5.69. The van der Waals surface area contributed by atoms with E-state index in [1.807, 2.05) is 24.3 Å². The van der Waals surface area contributed by atoms with Crippen LogP contribution in [0.5, 0.6) is 5.88 Å². The first kappa shape index (κ1) is 14.6. The zero-order valence-corrected chi connectivity index (χ0v) is 13.2. The first-order valence-corrected chi connectivity index (χ1v) is 8.02. The summed E-state index contributed by atoms with van der Waals surface area (Å²) in [6.45, 7) is 6.64. The van der Waals surface area contributed by atoms with Gasteiger partial charge in [0.25, 0.3) is 0 Å². The van der Waals surface area contributed by atoms with Crippen molar-refractivity contribution < 1.29 is 4.74 Å². The lowest BCUT2D eigenvalue weighted by Gasteiger charge is -2.09. The van der Waals surface area contributed by atoms with Gasteiger partial charge in [-0.25, -0.2) is 4.98 Å². The standard InChI is InChI=1S/C17H21ClN2O/c1-13-11-17(19-16-6-5-14(18)12-15(13)16)21-10-4-2-3-7-20-8-9-20/h5-6,11-12H,2-4,7-10H2,1H3. The molecule has 1 saturated heterocycles. The molecule has 0 atom stereocenters. The summed E-state index contributed by atoms with van der Waals surface area (Å²) >= 11 is 6.03. The van der Waals surface area contributed by atoms with E-state index in [0.717, 1.165) is 34.5 Å². The number of hydrogen-bond acceptors (Lipinski definition) is 3. The number of ether oxygens (including phenoxy) is 1. The largest absolute Gasteiger partial charge is 0.478 e. The van der Waals surface area contributed by atoms with Crippen molar-refractivity contribution in [2.75, 3.05) is 26.2 Å². The lowest BCUT2D eigenvalue weighted by molar-refractivity contribution is 0.293. The summed E-state index contributed by atoms with van der Waals surface area (Å²) in [6, 6.07) is 7.76. The van der Waals surface area contributed by atoms with Crippen molar-refractivity contribution in [2.45, 2.75) is 26.2 Å². The number of unbranched alkanes of at least 4 members (excludes halogenated alkanes) is 2. The van der Waals surface area contributed by atoms with Gasteiger partial charge in [-0.15, -0.1) is 0 Å². The van der Waals surface area contributed by atoms with E-state index < -0.39 is 0 Å². The molecule has 0 N–H and O–H groups in total. The normalized spacial score (nSPS) is 14.6. The van der Waals surface area contributed by atoms with Gasteiger partial charge in [-0.1, -0.05) is 11.6 Å². The second kappa shape index (κ2) is 6.63. The second-order valence-corrected chi connectivity index (χ2v) is 6.13. The predicted octanol–water partition coefficient (Wildman–Crippen LogP) is 4.06. The molecule has 1 aromatic heterocycles. The molecule has 112 valence electrons. The highest BCUT2D eigenvalue weighted by Gasteiger charge is 2.15. The first-order valence-electron chi connectivity index (χ1n) is 7.64. The molecule has 2 aromatic rings. The molecule has 0 amide bonds. The van der Waals surface area contributed by atoms with Crippen LogP contribution in [-0.2, 0) is 0 Å². The molecule has 1 aliphatic rings. The van der Waals surface area contributed by atoms with Crippen molar-refractivity contribution >= 4 is 22.5 Å². The molecule has 3 rings (SSSR count). The van der Waals surface area contributed by atoms with E-state index in [-0.39, 0.29) is 0 Å². The van der Waals surface area contributed by atoms with Crippen LogP contribution in [-0.4, -0.2) is 36.1 Å². The molecule has 3 nitrogen and oxygen atoms in total. The molecular formula is C17H21ClN2O. The van der Waals surface area contributed by atoms with Crippen LogP contribution in [0, 0.1) is 6.92 Å². The molecule has 0 radical (unpaired) electrons. The minimum absolute atomic E-state index is 0.716. The molecule has 0 spiro atoms. The number of rotatable bonds is 7. The van der Waals surface area contributed by atoms with E-state index in [9.17, 15) is 0 Å². The van der Waals surface area contributed by atoms with Crippen molar-refractivity contribution in [3.8, 4) is 5.88 Å². The fraction of sp³-hybridized carbons (Fsp3) is 0.471. The molecular weight excluding hydrogens is 284 g/mol. The Morgan fingerprint density at radius 1 is 1.19 bits per heavy atom. The highest BCUT2D eigenvalue weighted by atomic mass is 35.5. The topological polar surface area (TPSA) is 25.1 Å². The van der Waals surface area contributed by atoms with Crippen LogP contribution in [0.4, 0.5) is 0 Å². The van der Waals surface area contributed by atoms with Crippen LogP contribution < -0.4 is 4.74 Å². The number of nitrogens with zero attached hydrogens (tertiary/aromatic N) is 2. The third kappa shape index (κ3) is 4.08. The molecule has 21 heavy (non-hydrogen) atoms. The highest BCUT2D eigenvalue weighted by Crippen LogP contribution is 2.24. The van der Waals surface area contributed by atoms with Crippen LogP contribution in [0.15, 0.2) is 24.3 Å². The maximum absolute atomic E-state index is 6.03. The Labute approximate surface area is 130 Å². The van der Waals surface area contributed by atoms with Crippen molar-refractivity contribution in [3.63, 3.8) is 0 Å². The van der Waals surface area contributed by atoms with Crippen LogP contribution in [0.1, 0.15) is 24.8 Å². The summed E-state index contributed by atoms with van der Waals surface area (Å²) in [6.07, 6.45) is 3.58. The maximum atomic E-state index is 6.03. The fourth-order valence-corrected chi connectivity index (χ4v) is 2.67. The average molecular weight is 305 g/mol. The Hall–Kier alpha value is -1.32. The Balaban J connectivity index is 1.52.